The summed E-state index contributed by atoms with van der Waals surface area (Å²) in [6.07, 6.45) is 3.60. The van der Waals surface area contributed by atoms with Gasteiger partial charge in [-0.05, 0) is 66.5 Å². The van der Waals surface area contributed by atoms with Crippen LogP contribution in [-0.4, -0.2) is 10.1 Å². The van der Waals surface area contributed by atoms with Gasteiger partial charge >= 0.3 is 0 Å². The lowest BCUT2D eigenvalue weighted by atomic mass is 10.00. The van der Waals surface area contributed by atoms with Gasteiger partial charge in [0.15, 0.2) is 5.11 Å². The average molecular weight is 347 g/mol. The van der Waals surface area contributed by atoms with Gasteiger partial charge in [0.25, 0.3) is 0 Å². The molecule has 0 bridgehead atoms. The first-order chi connectivity index (χ1) is 12.1. The maximum Gasteiger partial charge on any atom is 0.171 e. The summed E-state index contributed by atoms with van der Waals surface area (Å²) in [5, 5.41) is 7.36. The third-order valence-corrected chi connectivity index (χ3v) is 4.31. The molecule has 3 rings (SSSR count). The predicted molar refractivity (Wildman–Crippen MR) is 108 cm³/mol. The van der Waals surface area contributed by atoms with Gasteiger partial charge in [0.05, 0.1) is 6.04 Å². The molecule has 3 nitrogen and oxygen atoms in total. The maximum absolute atomic E-state index is 5.58. The van der Waals surface area contributed by atoms with Crippen molar-refractivity contribution in [1.29, 1.82) is 0 Å². The highest BCUT2D eigenvalue weighted by Crippen LogP contribution is 2.22. The Morgan fingerprint density at radius 2 is 1.60 bits per heavy atom. The number of thiocarbonyl (C=S) groups is 1. The molecule has 1 aromatic heterocycles. The predicted octanol–water partition coefficient (Wildman–Crippen LogP) is 4.77. The van der Waals surface area contributed by atoms with Gasteiger partial charge in [0.1, 0.15) is 0 Å². The summed E-state index contributed by atoms with van der Waals surface area (Å²) < 4.78 is 0. The number of rotatable bonds is 4. The summed E-state index contributed by atoms with van der Waals surface area (Å²) in [4.78, 5) is 4.11. The van der Waals surface area contributed by atoms with Crippen LogP contribution in [0.2, 0.25) is 0 Å². The fraction of sp³-hybridized carbons (Fsp3) is 0.143. The highest BCUT2D eigenvalue weighted by atomic mass is 32.1. The van der Waals surface area contributed by atoms with Crippen LogP contribution in [0.3, 0.4) is 0 Å². The summed E-state index contributed by atoms with van der Waals surface area (Å²) in [5.74, 6) is 0. The lowest BCUT2D eigenvalue weighted by molar-refractivity contribution is 0.766. The average Bonchev–Trinajstić information content (AvgIpc) is 2.64. The molecule has 0 radical (unpaired) electrons. The zero-order valence-electron chi connectivity index (χ0n) is 14.4. The molecule has 2 aromatic carbocycles. The molecule has 0 saturated carbocycles. The molecule has 0 spiro atoms. The minimum Gasteiger partial charge on any atom is -0.352 e. The van der Waals surface area contributed by atoms with E-state index in [2.05, 4.69) is 59.8 Å². The molecule has 1 heterocycles. The SMILES string of the molecule is Cc1ccc(C)c(NC(=S)N[C@H](c2ccccc2)c2ccncc2)c1. The van der Waals surface area contributed by atoms with E-state index in [1.807, 2.05) is 30.3 Å². The molecular formula is C21H21N3S. The minimum atomic E-state index is -0.0330. The Hall–Kier alpha value is -2.72. The van der Waals surface area contributed by atoms with E-state index < -0.39 is 0 Å². The molecular weight excluding hydrogens is 326 g/mol. The number of benzene rings is 2. The third kappa shape index (κ3) is 4.43. The second-order valence-corrected chi connectivity index (χ2v) is 6.45. The molecule has 2 N–H and O–H groups in total. The Morgan fingerprint density at radius 3 is 2.32 bits per heavy atom. The van der Waals surface area contributed by atoms with Crippen molar-refractivity contribution in [3.63, 3.8) is 0 Å². The van der Waals surface area contributed by atoms with Crippen molar-refractivity contribution >= 4 is 23.0 Å². The van der Waals surface area contributed by atoms with Crippen molar-refractivity contribution in [2.24, 2.45) is 0 Å². The van der Waals surface area contributed by atoms with Crippen LogP contribution in [0.25, 0.3) is 0 Å². The molecule has 0 aliphatic heterocycles. The number of hydrogen-bond donors (Lipinski definition) is 2. The van der Waals surface area contributed by atoms with Crippen LogP contribution in [-0.2, 0) is 0 Å². The highest BCUT2D eigenvalue weighted by molar-refractivity contribution is 7.80. The molecule has 0 aliphatic rings. The van der Waals surface area contributed by atoms with Crippen LogP contribution in [0.5, 0.6) is 0 Å². The molecule has 0 unspecified atom stereocenters. The van der Waals surface area contributed by atoms with E-state index >= 15 is 0 Å². The molecule has 0 amide bonds. The van der Waals surface area contributed by atoms with Crippen LogP contribution in [0.1, 0.15) is 28.3 Å². The lowest BCUT2D eigenvalue weighted by Crippen LogP contribution is -2.33. The Balaban J connectivity index is 1.83. The van der Waals surface area contributed by atoms with Gasteiger partial charge in [-0.3, -0.25) is 4.98 Å². The van der Waals surface area contributed by atoms with Crippen LogP contribution in [0.4, 0.5) is 5.69 Å². The van der Waals surface area contributed by atoms with Gasteiger partial charge in [0, 0.05) is 18.1 Å². The minimum absolute atomic E-state index is 0.0330. The van der Waals surface area contributed by atoms with Crippen LogP contribution >= 0.6 is 12.2 Å². The standard InChI is InChI=1S/C21H21N3S/c1-15-8-9-16(2)19(14-15)23-21(25)24-20(17-6-4-3-5-7-17)18-10-12-22-13-11-18/h3-14,20H,1-2H3,(H2,23,24,25)/t20-/m1/s1. The van der Waals surface area contributed by atoms with E-state index in [0.29, 0.717) is 5.11 Å². The van der Waals surface area contributed by atoms with Crippen molar-refractivity contribution in [2.45, 2.75) is 19.9 Å². The number of anilines is 1. The summed E-state index contributed by atoms with van der Waals surface area (Å²) in [6, 6.07) is 20.5. The van der Waals surface area contributed by atoms with Crippen molar-refractivity contribution < 1.29 is 0 Å². The number of nitrogens with zero attached hydrogens (tertiary/aromatic N) is 1. The normalized spacial score (nSPS) is 11.6. The van der Waals surface area contributed by atoms with Gasteiger partial charge in [-0.2, -0.15) is 0 Å². The number of nitrogens with one attached hydrogen (secondary N) is 2. The summed E-state index contributed by atoms with van der Waals surface area (Å²) >= 11 is 5.58. The monoisotopic (exact) mass is 347 g/mol. The van der Waals surface area contributed by atoms with Gasteiger partial charge in [-0.1, -0.05) is 42.5 Å². The Labute approximate surface area is 154 Å². The number of hydrogen-bond acceptors (Lipinski definition) is 2. The Morgan fingerprint density at radius 1 is 0.920 bits per heavy atom. The highest BCUT2D eigenvalue weighted by Gasteiger charge is 2.15. The van der Waals surface area contributed by atoms with E-state index in [1.165, 1.54) is 5.56 Å². The van der Waals surface area contributed by atoms with E-state index in [1.54, 1.807) is 12.4 Å². The Kier molecular flexibility index (Phi) is 5.41. The van der Waals surface area contributed by atoms with Crippen molar-refractivity contribution in [1.82, 2.24) is 10.3 Å². The molecule has 1 atom stereocenters. The van der Waals surface area contributed by atoms with Gasteiger partial charge in [0.2, 0.25) is 0 Å². The van der Waals surface area contributed by atoms with Crippen molar-refractivity contribution in [2.75, 3.05) is 5.32 Å². The number of aryl methyl sites for hydroxylation is 2. The fourth-order valence-electron chi connectivity index (χ4n) is 2.72. The van der Waals surface area contributed by atoms with Gasteiger partial charge in [-0.25, -0.2) is 0 Å². The quantitative estimate of drug-likeness (QED) is 0.666. The van der Waals surface area contributed by atoms with Crippen molar-refractivity contribution in [3.8, 4) is 0 Å². The summed E-state index contributed by atoms with van der Waals surface area (Å²) in [6.45, 7) is 4.15. The molecule has 4 heteroatoms. The van der Waals surface area contributed by atoms with Gasteiger partial charge < -0.3 is 10.6 Å². The lowest BCUT2D eigenvalue weighted by Gasteiger charge is -2.22. The molecule has 0 aliphatic carbocycles. The molecule has 25 heavy (non-hydrogen) atoms. The van der Waals surface area contributed by atoms with E-state index in [0.717, 1.165) is 22.4 Å². The van der Waals surface area contributed by atoms with Crippen LogP contribution in [0.15, 0.2) is 73.1 Å². The molecule has 0 fully saturated rings. The molecule has 0 saturated heterocycles. The first-order valence-corrected chi connectivity index (χ1v) is 8.64. The first kappa shape index (κ1) is 17.1. The van der Waals surface area contributed by atoms with E-state index in [4.69, 9.17) is 12.2 Å². The van der Waals surface area contributed by atoms with Crippen LogP contribution < -0.4 is 10.6 Å². The molecule has 126 valence electrons. The summed E-state index contributed by atoms with van der Waals surface area (Å²) in [5.41, 5.74) is 5.66. The maximum atomic E-state index is 5.58. The largest absolute Gasteiger partial charge is 0.352 e. The number of aromatic nitrogens is 1. The summed E-state index contributed by atoms with van der Waals surface area (Å²) in [7, 11) is 0. The topological polar surface area (TPSA) is 37.0 Å². The van der Waals surface area contributed by atoms with E-state index in [9.17, 15) is 0 Å². The van der Waals surface area contributed by atoms with E-state index in [-0.39, 0.29) is 6.04 Å². The second kappa shape index (κ2) is 7.90. The molecule has 3 aromatic rings. The number of pyridine rings is 1. The first-order valence-electron chi connectivity index (χ1n) is 8.23. The zero-order chi connectivity index (χ0) is 17.6. The van der Waals surface area contributed by atoms with Crippen molar-refractivity contribution in [3.05, 3.63) is 95.3 Å². The van der Waals surface area contributed by atoms with Gasteiger partial charge in [-0.15, -0.1) is 0 Å². The second-order valence-electron chi connectivity index (χ2n) is 6.04. The van der Waals surface area contributed by atoms with Crippen LogP contribution in [0, 0.1) is 13.8 Å². The Bertz CT molecular complexity index is 808. The smallest absolute Gasteiger partial charge is 0.171 e. The zero-order valence-corrected chi connectivity index (χ0v) is 15.2. The fourth-order valence-corrected chi connectivity index (χ4v) is 2.95. The third-order valence-electron chi connectivity index (χ3n) is 4.09.